The van der Waals surface area contributed by atoms with Crippen molar-refractivity contribution in [3.8, 4) is 0 Å². The van der Waals surface area contributed by atoms with Crippen LogP contribution in [0.2, 0.25) is 0 Å². The molecule has 1 atom stereocenters. The van der Waals surface area contributed by atoms with Crippen LogP contribution >= 0.6 is 15.9 Å². The van der Waals surface area contributed by atoms with E-state index in [0.29, 0.717) is 0 Å². The second-order valence-electron chi connectivity index (χ2n) is 5.19. The molecule has 0 saturated heterocycles. The van der Waals surface area contributed by atoms with Crippen LogP contribution < -0.4 is 5.32 Å². The zero-order valence-electron chi connectivity index (χ0n) is 10.9. The standard InChI is InChI=1S/C15H21BrFN/c1-2-9-18-15(8-5-11-3-4-11)13-10-12(16)6-7-14(13)17/h6-7,10-11,15,18H,2-5,8-9H2,1H3. The molecule has 1 saturated carbocycles. The molecule has 3 heteroatoms. The van der Waals surface area contributed by atoms with Gasteiger partial charge in [-0.05, 0) is 49.9 Å². The molecule has 1 aliphatic rings. The topological polar surface area (TPSA) is 12.0 Å². The first-order valence-corrected chi connectivity index (χ1v) is 7.68. The Labute approximate surface area is 117 Å². The first-order chi connectivity index (χ1) is 8.70. The lowest BCUT2D eigenvalue weighted by Crippen LogP contribution is -2.23. The second-order valence-corrected chi connectivity index (χ2v) is 6.11. The summed E-state index contributed by atoms with van der Waals surface area (Å²) in [6.45, 7) is 3.09. The van der Waals surface area contributed by atoms with Crippen molar-refractivity contribution >= 4 is 15.9 Å². The molecule has 1 nitrogen and oxygen atoms in total. The normalized spacial score (nSPS) is 16.8. The number of hydrogen-bond donors (Lipinski definition) is 1. The Balaban J connectivity index is 2.06. The van der Waals surface area contributed by atoms with Crippen LogP contribution in [0.4, 0.5) is 4.39 Å². The van der Waals surface area contributed by atoms with E-state index in [4.69, 9.17) is 0 Å². The van der Waals surface area contributed by atoms with Crippen LogP contribution in [0, 0.1) is 11.7 Å². The van der Waals surface area contributed by atoms with Crippen molar-refractivity contribution in [3.05, 3.63) is 34.1 Å². The quantitative estimate of drug-likeness (QED) is 0.761. The van der Waals surface area contributed by atoms with E-state index in [1.54, 1.807) is 12.1 Å². The number of benzene rings is 1. The Morgan fingerprint density at radius 3 is 2.89 bits per heavy atom. The van der Waals surface area contributed by atoms with Gasteiger partial charge in [0, 0.05) is 16.1 Å². The molecular formula is C15H21BrFN. The van der Waals surface area contributed by atoms with Crippen LogP contribution in [0.25, 0.3) is 0 Å². The Bertz CT molecular complexity index is 390. The molecule has 1 unspecified atom stereocenters. The Morgan fingerprint density at radius 2 is 2.22 bits per heavy atom. The van der Waals surface area contributed by atoms with Crippen molar-refractivity contribution in [1.82, 2.24) is 5.32 Å². The monoisotopic (exact) mass is 313 g/mol. The third kappa shape index (κ3) is 4.06. The van der Waals surface area contributed by atoms with Gasteiger partial charge in [-0.3, -0.25) is 0 Å². The van der Waals surface area contributed by atoms with Crippen LogP contribution in [-0.4, -0.2) is 6.54 Å². The van der Waals surface area contributed by atoms with Crippen molar-refractivity contribution in [2.45, 2.75) is 45.1 Å². The zero-order chi connectivity index (χ0) is 13.0. The molecular weight excluding hydrogens is 293 g/mol. The molecule has 100 valence electrons. The molecule has 1 aromatic rings. The Hall–Kier alpha value is -0.410. The van der Waals surface area contributed by atoms with Gasteiger partial charge < -0.3 is 5.32 Å². The molecule has 0 bridgehead atoms. The smallest absolute Gasteiger partial charge is 0.128 e. The first kappa shape index (κ1) is 14.0. The van der Waals surface area contributed by atoms with Gasteiger partial charge in [-0.15, -0.1) is 0 Å². The fraction of sp³-hybridized carbons (Fsp3) is 0.600. The van der Waals surface area contributed by atoms with Crippen LogP contribution in [0.1, 0.15) is 50.6 Å². The molecule has 0 spiro atoms. The van der Waals surface area contributed by atoms with Gasteiger partial charge in [-0.1, -0.05) is 35.7 Å². The number of halogens is 2. The minimum absolute atomic E-state index is 0.0948. The van der Waals surface area contributed by atoms with Crippen molar-refractivity contribution in [1.29, 1.82) is 0 Å². The summed E-state index contributed by atoms with van der Waals surface area (Å²) < 4.78 is 14.9. The Morgan fingerprint density at radius 1 is 1.44 bits per heavy atom. The van der Waals surface area contributed by atoms with Gasteiger partial charge in [0.05, 0.1) is 0 Å². The fourth-order valence-electron chi connectivity index (χ4n) is 2.28. The third-order valence-electron chi connectivity index (χ3n) is 3.53. The first-order valence-electron chi connectivity index (χ1n) is 6.89. The molecule has 0 amide bonds. The van der Waals surface area contributed by atoms with E-state index in [1.165, 1.54) is 19.3 Å². The van der Waals surface area contributed by atoms with Gasteiger partial charge >= 0.3 is 0 Å². The number of nitrogens with one attached hydrogen (secondary N) is 1. The SMILES string of the molecule is CCCNC(CCC1CC1)c1cc(Br)ccc1F. The average molecular weight is 314 g/mol. The van der Waals surface area contributed by atoms with Crippen LogP contribution in [-0.2, 0) is 0 Å². The molecule has 2 rings (SSSR count). The fourth-order valence-corrected chi connectivity index (χ4v) is 2.66. The van der Waals surface area contributed by atoms with Gasteiger partial charge in [0.1, 0.15) is 5.82 Å². The van der Waals surface area contributed by atoms with E-state index in [-0.39, 0.29) is 11.9 Å². The van der Waals surface area contributed by atoms with Gasteiger partial charge in [-0.25, -0.2) is 4.39 Å². The lowest BCUT2D eigenvalue weighted by atomic mass is 9.99. The predicted molar refractivity (Wildman–Crippen MR) is 77.1 cm³/mol. The van der Waals surface area contributed by atoms with Crippen molar-refractivity contribution in [2.75, 3.05) is 6.54 Å². The predicted octanol–water partition coefficient (Wildman–Crippen LogP) is 4.82. The second kappa shape index (κ2) is 6.67. The van der Waals surface area contributed by atoms with E-state index in [0.717, 1.165) is 35.3 Å². The van der Waals surface area contributed by atoms with E-state index in [9.17, 15) is 4.39 Å². The van der Waals surface area contributed by atoms with Crippen LogP contribution in [0.15, 0.2) is 22.7 Å². The Kier molecular flexibility index (Phi) is 5.19. The summed E-state index contributed by atoms with van der Waals surface area (Å²) in [6.07, 6.45) is 6.06. The van der Waals surface area contributed by atoms with E-state index < -0.39 is 0 Å². The summed E-state index contributed by atoms with van der Waals surface area (Å²) >= 11 is 3.43. The highest BCUT2D eigenvalue weighted by molar-refractivity contribution is 9.10. The summed E-state index contributed by atoms with van der Waals surface area (Å²) in [5, 5.41) is 3.48. The highest BCUT2D eigenvalue weighted by atomic mass is 79.9. The van der Waals surface area contributed by atoms with Crippen molar-refractivity contribution < 1.29 is 4.39 Å². The van der Waals surface area contributed by atoms with E-state index in [2.05, 4.69) is 28.2 Å². The summed E-state index contributed by atoms with van der Waals surface area (Å²) in [4.78, 5) is 0. The van der Waals surface area contributed by atoms with Gasteiger partial charge in [0.2, 0.25) is 0 Å². The number of hydrogen-bond acceptors (Lipinski definition) is 1. The molecule has 1 aliphatic carbocycles. The molecule has 0 aromatic heterocycles. The molecule has 1 fully saturated rings. The third-order valence-corrected chi connectivity index (χ3v) is 4.03. The molecule has 1 N–H and O–H groups in total. The van der Waals surface area contributed by atoms with E-state index in [1.807, 2.05) is 6.07 Å². The number of rotatable bonds is 7. The maximum absolute atomic E-state index is 13.9. The van der Waals surface area contributed by atoms with Gasteiger partial charge in [0.25, 0.3) is 0 Å². The van der Waals surface area contributed by atoms with Crippen molar-refractivity contribution in [2.24, 2.45) is 5.92 Å². The maximum atomic E-state index is 13.9. The largest absolute Gasteiger partial charge is 0.310 e. The van der Waals surface area contributed by atoms with Gasteiger partial charge in [0.15, 0.2) is 0 Å². The molecule has 0 radical (unpaired) electrons. The lowest BCUT2D eigenvalue weighted by Gasteiger charge is -2.20. The maximum Gasteiger partial charge on any atom is 0.128 e. The van der Waals surface area contributed by atoms with Gasteiger partial charge in [-0.2, -0.15) is 0 Å². The lowest BCUT2D eigenvalue weighted by molar-refractivity contribution is 0.450. The minimum atomic E-state index is -0.0948. The minimum Gasteiger partial charge on any atom is -0.310 e. The highest BCUT2D eigenvalue weighted by Crippen LogP contribution is 2.36. The zero-order valence-corrected chi connectivity index (χ0v) is 12.5. The molecule has 0 aliphatic heterocycles. The summed E-state index contributed by atoms with van der Waals surface area (Å²) in [5.41, 5.74) is 0.804. The van der Waals surface area contributed by atoms with Crippen LogP contribution in [0.3, 0.4) is 0 Å². The molecule has 18 heavy (non-hydrogen) atoms. The summed E-state index contributed by atoms with van der Waals surface area (Å²) in [6, 6.07) is 5.38. The summed E-state index contributed by atoms with van der Waals surface area (Å²) in [5.74, 6) is 0.800. The average Bonchev–Trinajstić information content (AvgIpc) is 3.17. The molecule has 0 heterocycles. The highest BCUT2D eigenvalue weighted by Gasteiger charge is 2.24. The van der Waals surface area contributed by atoms with Crippen molar-refractivity contribution in [3.63, 3.8) is 0 Å². The van der Waals surface area contributed by atoms with E-state index >= 15 is 0 Å². The van der Waals surface area contributed by atoms with Crippen LogP contribution in [0.5, 0.6) is 0 Å². The summed E-state index contributed by atoms with van der Waals surface area (Å²) in [7, 11) is 0. The molecule has 1 aromatic carbocycles.